The number of benzene rings is 1. The van der Waals surface area contributed by atoms with Crippen LogP contribution in [0.2, 0.25) is 0 Å². The van der Waals surface area contributed by atoms with Crippen molar-refractivity contribution in [3.05, 3.63) is 24.3 Å². The summed E-state index contributed by atoms with van der Waals surface area (Å²) in [5.74, 6) is -2.67. The molecule has 1 N–H and O–H groups in total. The maximum absolute atomic E-state index is 12.3. The molecule has 94 valence electrons. The van der Waals surface area contributed by atoms with Crippen molar-refractivity contribution in [3.8, 4) is 0 Å². The van der Waals surface area contributed by atoms with Crippen molar-refractivity contribution in [1.29, 1.82) is 0 Å². The van der Waals surface area contributed by atoms with Crippen LogP contribution in [0.15, 0.2) is 29.2 Å². The van der Waals surface area contributed by atoms with E-state index < -0.39 is 15.6 Å². The SMILES string of the molecule is O=S(=O)(c1ccc(NCC2CC2)cc1)C(F)F. The highest BCUT2D eigenvalue weighted by Gasteiger charge is 2.26. The van der Waals surface area contributed by atoms with E-state index in [1.54, 1.807) is 0 Å². The average molecular weight is 261 g/mol. The molecule has 1 aromatic rings. The first-order chi connectivity index (χ1) is 8.00. The molecule has 6 heteroatoms. The highest BCUT2D eigenvalue weighted by atomic mass is 32.2. The van der Waals surface area contributed by atoms with E-state index in [9.17, 15) is 17.2 Å². The smallest absolute Gasteiger partial charge is 0.341 e. The van der Waals surface area contributed by atoms with Gasteiger partial charge in [-0.25, -0.2) is 8.42 Å². The van der Waals surface area contributed by atoms with Crippen LogP contribution in [-0.2, 0) is 9.84 Å². The van der Waals surface area contributed by atoms with Gasteiger partial charge in [0.15, 0.2) is 0 Å². The van der Waals surface area contributed by atoms with E-state index >= 15 is 0 Å². The maximum atomic E-state index is 12.3. The molecule has 0 saturated heterocycles. The van der Waals surface area contributed by atoms with Crippen molar-refractivity contribution < 1.29 is 17.2 Å². The van der Waals surface area contributed by atoms with E-state index in [0.29, 0.717) is 5.92 Å². The van der Waals surface area contributed by atoms with Crippen molar-refractivity contribution in [1.82, 2.24) is 0 Å². The number of alkyl halides is 2. The number of hydrogen-bond acceptors (Lipinski definition) is 3. The Morgan fingerprint density at radius 1 is 1.24 bits per heavy atom. The fourth-order valence-corrected chi connectivity index (χ4v) is 2.17. The molecule has 0 unspecified atom stereocenters. The Kier molecular flexibility index (Phi) is 3.33. The molecular weight excluding hydrogens is 248 g/mol. The van der Waals surface area contributed by atoms with Crippen LogP contribution < -0.4 is 5.32 Å². The first kappa shape index (κ1) is 12.3. The Hall–Kier alpha value is -1.17. The molecule has 0 heterocycles. The van der Waals surface area contributed by atoms with E-state index in [1.165, 1.54) is 37.1 Å². The molecule has 1 aromatic carbocycles. The Labute approximate surface area is 98.8 Å². The van der Waals surface area contributed by atoms with Gasteiger partial charge in [0.05, 0.1) is 4.90 Å². The summed E-state index contributed by atoms with van der Waals surface area (Å²) in [4.78, 5) is -0.343. The molecule has 0 bridgehead atoms. The van der Waals surface area contributed by atoms with E-state index in [4.69, 9.17) is 0 Å². The monoisotopic (exact) mass is 261 g/mol. The Balaban J connectivity index is 2.06. The molecule has 1 aliphatic carbocycles. The lowest BCUT2D eigenvalue weighted by Gasteiger charge is -2.07. The number of hydrogen-bond donors (Lipinski definition) is 1. The Morgan fingerprint density at radius 2 is 1.82 bits per heavy atom. The zero-order valence-electron chi connectivity index (χ0n) is 9.07. The summed E-state index contributed by atoms with van der Waals surface area (Å²) >= 11 is 0. The minimum absolute atomic E-state index is 0.343. The summed E-state index contributed by atoms with van der Waals surface area (Å²) in [6, 6.07) is 5.43. The fourth-order valence-electron chi connectivity index (χ4n) is 1.45. The minimum Gasteiger partial charge on any atom is -0.385 e. The first-order valence-electron chi connectivity index (χ1n) is 5.36. The van der Waals surface area contributed by atoms with Crippen LogP contribution in [0, 0.1) is 5.92 Å². The van der Waals surface area contributed by atoms with Gasteiger partial charge in [-0.15, -0.1) is 0 Å². The highest BCUT2D eigenvalue weighted by molar-refractivity contribution is 7.91. The van der Waals surface area contributed by atoms with Gasteiger partial charge in [0.2, 0.25) is 9.84 Å². The van der Waals surface area contributed by atoms with Crippen LogP contribution in [0.5, 0.6) is 0 Å². The topological polar surface area (TPSA) is 46.2 Å². The molecule has 1 saturated carbocycles. The third-order valence-corrected chi connectivity index (χ3v) is 4.11. The van der Waals surface area contributed by atoms with Gasteiger partial charge in [-0.1, -0.05) is 0 Å². The van der Waals surface area contributed by atoms with Crippen LogP contribution in [0.25, 0.3) is 0 Å². The van der Waals surface area contributed by atoms with Crippen LogP contribution in [0.4, 0.5) is 14.5 Å². The molecule has 0 atom stereocenters. The largest absolute Gasteiger partial charge is 0.385 e. The summed E-state index contributed by atoms with van der Waals surface area (Å²) in [6.45, 7) is 0.848. The highest BCUT2D eigenvalue weighted by Crippen LogP contribution is 2.29. The van der Waals surface area contributed by atoms with E-state index in [0.717, 1.165) is 12.2 Å². The van der Waals surface area contributed by atoms with Gasteiger partial charge < -0.3 is 5.32 Å². The second-order valence-electron chi connectivity index (χ2n) is 4.15. The van der Waals surface area contributed by atoms with Crippen LogP contribution in [-0.4, -0.2) is 20.7 Å². The minimum atomic E-state index is -4.47. The lowest BCUT2D eigenvalue weighted by atomic mass is 10.3. The van der Waals surface area contributed by atoms with Gasteiger partial charge in [0.1, 0.15) is 0 Å². The number of rotatable bonds is 5. The Bertz CT molecular complexity index is 481. The lowest BCUT2D eigenvalue weighted by Crippen LogP contribution is -2.11. The van der Waals surface area contributed by atoms with Crippen LogP contribution in [0.3, 0.4) is 0 Å². The van der Waals surface area contributed by atoms with Crippen molar-refractivity contribution in [2.75, 3.05) is 11.9 Å². The molecule has 0 aliphatic heterocycles. The Morgan fingerprint density at radius 3 is 2.29 bits per heavy atom. The normalized spacial score (nSPS) is 16.2. The van der Waals surface area contributed by atoms with E-state index in [2.05, 4.69) is 5.32 Å². The predicted octanol–water partition coefficient (Wildman–Crippen LogP) is 2.50. The number of sulfone groups is 1. The van der Waals surface area contributed by atoms with Crippen molar-refractivity contribution in [2.45, 2.75) is 23.5 Å². The van der Waals surface area contributed by atoms with Gasteiger partial charge in [0, 0.05) is 12.2 Å². The third-order valence-electron chi connectivity index (χ3n) is 2.71. The fraction of sp³-hybridized carbons (Fsp3) is 0.455. The van der Waals surface area contributed by atoms with E-state index in [-0.39, 0.29) is 4.90 Å². The van der Waals surface area contributed by atoms with Gasteiger partial charge in [0.25, 0.3) is 0 Å². The lowest BCUT2D eigenvalue weighted by molar-refractivity contribution is 0.234. The van der Waals surface area contributed by atoms with Crippen molar-refractivity contribution >= 4 is 15.5 Å². The third kappa shape index (κ3) is 2.94. The second-order valence-corrected chi connectivity index (χ2v) is 6.07. The van der Waals surface area contributed by atoms with Crippen LogP contribution >= 0.6 is 0 Å². The van der Waals surface area contributed by atoms with Gasteiger partial charge in [-0.05, 0) is 43.0 Å². The number of nitrogens with one attached hydrogen (secondary N) is 1. The summed E-state index contributed by atoms with van der Waals surface area (Å²) in [6.07, 6.45) is 2.43. The summed E-state index contributed by atoms with van der Waals surface area (Å²) < 4.78 is 46.8. The first-order valence-corrected chi connectivity index (χ1v) is 6.91. The predicted molar refractivity (Wildman–Crippen MR) is 60.8 cm³/mol. The molecule has 0 amide bonds. The zero-order valence-corrected chi connectivity index (χ0v) is 9.88. The van der Waals surface area contributed by atoms with Gasteiger partial charge in [-0.3, -0.25) is 0 Å². The molecule has 0 aromatic heterocycles. The van der Waals surface area contributed by atoms with E-state index in [1.807, 2.05) is 0 Å². The molecule has 0 spiro atoms. The number of anilines is 1. The average Bonchev–Trinajstić information content (AvgIpc) is 3.10. The van der Waals surface area contributed by atoms with Crippen molar-refractivity contribution in [3.63, 3.8) is 0 Å². The second kappa shape index (κ2) is 4.60. The quantitative estimate of drug-likeness (QED) is 0.885. The standard InChI is InChI=1S/C11H13F2NO2S/c12-11(13)17(15,16)10-5-3-9(4-6-10)14-7-8-1-2-8/h3-6,8,11,14H,1-2,7H2. The molecule has 3 nitrogen and oxygen atoms in total. The summed E-state index contributed by atoms with van der Waals surface area (Å²) in [7, 11) is -4.47. The molecular formula is C11H13F2NO2S. The van der Waals surface area contributed by atoms with Crippen LogP contribution in [0.1, 0.15) is 12.8 Å². The van der Waals surface area contributed by atoms with Gasteiger partial charge >= 0.3 is 5.76 Å². The van der Waals surface area contributed by atoms with Crippen molar-refractivity contribution in [2.24, 2.45) is 5.92 Å². The molecule has 17 heavy (non-hydrogen) atoms. The summed E-state index contributed by atoms with van der Waals surface area (Å²) in [5.41, 5.74) is 0.755. The molecule has 0 radical (unpaired) electrons. The maximum Gasteiger partial charge on any atom is 0.341 e. The number of halogens is 2. The molecule has 1 fully saturated rings. The molecule has 1 aliphatic rings. The zero-order chi connectivity index (χ0) is 12.5. The summed E-state index contributed by atoms with van der Waals surface area (Å²) in [5, 5.41) is 3.13. The van der Waals surface area contributed by atoms with Gasteiger partial charge in [-0.2, -0.15) is 8.78 Å². The molecule has 2 rings (SSSR count).